The van der Waals surface area contributed by atoms with Gasteiger partial charge in [-0.15, -0.1) is 5.10 Å². The Hall–Kier alpha value is -3.92. The van der Waals surface area contributed by atoms with Gasteiger partial charge in [0.15, 0.2) is 17.3 Å². The number of tetrazole rings is 1. The van der Waals surface area contributed by atoms with Crippen molar-refractivity contribution in [3.63, 3.8) is 0 Å². The minimum atomic E-state index is -0.405. The summed E-state index contributed by atoms with van der Waals surface area (Å²) < 4.78 is 13.0. The number of nitrogens with zero attached hydrogens (tertiary/aromatic N) is 6. The maximum Gasteiger partial charge on any atom is 0.253 e. The number of anilines is 1. The van der Waals surface area contributed by atoms with Gasteiger partial charge in [-0.1, -0.05) is 25.1 Å². The predicted molar refractivity (Wildman–Crippen MR) is 140 cm³/mol. The minimum absolute atomic E-state index is 0.161. The molecule has 10 heteroatoms. The fourth-order valence-electron chi connectivity index (χ4n) is 5.14. The third-order valence-electron chi connectivity index (χ3n) is 7.64. The van der Waals surface area contributed by atoms with E-state index in [4.69, 9.17) is 9.47 Å². The van der Waals surface area contributed by atoms with Gasteiger partial charge in [-0.3, -0.25) is 9.69 Å². The van der Waals surface area contributed by atoms with Gasteiger partial charge >= 0.3 is 0 Å². The topological polar surface area (TPSA) is 101 Å². The van der Waals surface area contributed by atoms with Crippen LogP contribution in [0.3, 0.4) is 0 Å². The summed E-state index contributed by atoms with van der Waals surface area (Å²) in [5.74, 6) is 1.99. The maximum absolute atomic E-state index is 13.6. The van der Waals surface area contributed by atoms with Crippen LogP contribution in [0.15, 0.2) is 53.3 Å². The van der Waals surface area contributed by atoms with Gasteiger partial charge in [0.05, 0.1) is 11.1 Å². The number of aromatic nitrogens is 5. The van der Waals surface area contributed by atoms with Gasteiger partial charge in [-0.05, 0) is 55.0 Å². The Balaban J connectivity index is 1.43. The molecule has 1 N–H and O–H groups in total. The molecule has 4 heterocycles. The number of pyridine rings is 1. The molecule has 0 aliphatic carbocycles. The average Bonchev–Trinajstić information content (AvgIpc) is 3.59. The number of nitrogens with one attached hydrogen (secondary N) is 1. The highest BCUT2D eigenvalue weighted by molar-refractivity contribution is 5.83. The van der Waals surface area contributed by atoms with Crippen molar-refractivity contribution in [1.82, 2.24) is 30.1 Å². The molecule has 10 nitrogen and oxygen atoms in total. The van der Waals surface area contributed by atoms with Crippen LogP contribution >= 0.6 is 0 Å². The smallest absolute Gasteiger partial charge is 0.253 e. The molecule has 0 radical (unpaired) electrons. The maximum atomic E-state index is 13.6. The third kappa shape index (κ3) is 4.21. The summed E-state index contributed by atoms with van der Waals surface area (Å²) in [5.41, 5.74) is 2.06. The molecule has 2 aliphatic rings. The van der Waals surface area contributed by atoms with Crippen LogP contribution in [0.2, 0.25) is 0 Å². The normalized spacial score (nSPS) is 16.9. The van der Waals surface area contributed by atoms with E-state index < -0.39 is 6.04 Å². The Morgan fingerprint density at radius 1 is 1.03 bits per heavy atom. The standard InChI is InChI=1S/C27H31N7O3/c1-4-27(2,3)34-25(29-30-31-34)24(33-12-10-32(11-13-33)19-8-6-5-7-9-19)20-14-18-15-22-23(37-17-36-22)16-21(18)28-26(20)35/h5-9,14-16,24H,4,10-13,17H2,1-3H3,(H,28,35). The van der Waals surface area contributed by atoms with E-state index in [0.29, 0.717) is 28.4 Å². The first-order chi connectivity index (χ1) is 17.9. The van der Waals surface area contributed by atoms with Crippen molar-refractivity contribution in [2.24, 2.45) is 0 Å². The largest absolute Gasteiger partial charge is 0.454 e. The molecule has 0 saturated carbocycles. The first kappa shape index (κ1) is 23.5. The van der Waals surface area contributed by atoms with Crippen LogP contribution in [0, 0.1) is 0 Å². The number of fused-ring (bicyclic) bond motifs is 2. The summed E-state index contributed by atoms with van der Waals surface area (Å²) in [5, 5.41) is 13.8. The number of aromatic amines is 1. The second-order valence-corrected chi connectivity index (χ2v) is 10.2. The van der Waals surface area contributed by atoms with Crippen LogP contribution in [0.25, 0.3) is 10.9 Å². The quantitative estimate of drug-likeness (QED) is 0.430. The Bertz CT molecular complexity index is 1470. The lowest BCUT2D eigenvalue weighted by molar-refractivity contribution is 0.174. The average molecular weight is 502 g/mol. The summed E-state index contributed by atoms with van der Waals surface area (Å²) in [6.07, 6.45) is 0.844. The zero-order valence-corrected chi connectivity index (χ0v) is 21.3. The zero-order valence-electron chi connectivity index (χ0n) is 21.3. The summed E-state index contributed by atoms with van der Waals surface area (Å²) in [6.45, 7) is 9.72. The molecule has 1 fully saturated rings. The highest BCUT2D eigenvalue weighted by Gasteiger charge is 2.36. The predicted octanol–water partition coefficient (Wildman–Crippen LogP) is 3.30. The third-order valence-corrected chi connectivity index (χ3v) is 7.64. The van der Waals surface area contributed by atoms with Gasteiger partial charge in [0.25, 0.3) is 5.56 Å². The molecule has 6 rings (SSSR count). The monoisotopic (exact) mass is 501 g/mol. The molecular weight excluding hydrogens is 470 g/mol. The first-order valence-corrected chi connectivity index (χ1v) is 12.7. The van der Waals surface area contributed by atoms with E-state index >= 15 is 0 Å². The molecule has 2 aromatic heterocycles. The summed E-state index contributed by atoms with van der Waals surface area (Å²) in [7, 11) is 0. The van der Waals surface area contributed by atoms with Crippen molar-refractivity contribution < 1.29 is 9.47 Å². The van der Waals surface area contributed by atoms with E-state index in [0.717, 1.165) is 38.0 Å². The van der Waals surface area contributed by atoms with E-state index in [1.807, 2.05) is 28.9 Å². The number of benzene rings is 2. The molecule has 37 heavy (non-hydrogen) atoms. The van der Waals surface area contributed by atoms with E-state index in [-0.39, 0.29) is 17.9 Å². The van der Waals surface area contributed by atoms with Gasteiger partial charge in [0, 0.05) is 48.9 Å². The highest BCUT2D eigenvalue weighted by Crippen LogP contribution is 2.37. The fraction of sp³-hybridized carbons (Fsp3) is 0.407. The lowest BCUT2D eigenvalue weighted by Gasteiger charge is -2.40. The van der Waals surface area contributed by atoms with Crippen molar-refractivity contribution in [1.29, 1.82) is 0 Å². The fourth-order valence-corrected chi connectivity index (χ4v) is 5.14. The molecule has 192 valence electrons. The van der Waals surface area contributed by atoms with E-state index in [1.165, 1.54) is 5.69 Å². The second kappa shape index (κ2) is 9.19. The van der Waals surface area contributed by atoms with Crippen LogP contribution in [-0.4, -0.2) is 63.1 Å². The number of H-pyrrole nitrogens is 1. The van der Waals surface area contributed by atoms with Crippen LogP contribution in [-0.2, 0) is 5.54 Å². The molecule has 0 bridgehead atoms. The molecular formula is C27H31N7O3. The van der Waals surface area contributed by atoms with Crippen LogP contribution < -0.4 is 19.9 Å². The highest BCUT2D eigenvalue weighted by atomic mass is 16.7. The Morgan fingerprint density at radius 2 is 1.76 bits per heavy atom. The lowest BCUT2D eigenvalue weighted by Crippen LogP contribution is -2.49. The van der Waals surface area contributed by atoms with Gasteiger partial charge in [-0.25, -0.2) is 4.68 Å². The lowest BCUT2D eigenvalue weighted by atomic mass is 9.98. The molecule has 1 atom stereocenters. The number of ether oxygens (including phenoxy) is 2. The zero-order chi connectivity index (χ0) is 25.6. The first-order valence-electron chi connectivity index (χ1n) is 12.7. The van der Waals surface area contributed by atoms with Gasteiger partial charge < -0.3 is 19.4 Å². The van der Waals surface area contributed by atoms with Gasteiger partial charge in [0.2, 0.25) is 6.79 Å². The molecule has 4 aromatic rings. The van der Waals surface area contributed by atoms with E-state index in [2.05, 4.69) is 75.3 Å². The van der Waals surface area contributed by atoms with Crippen LogP contribution in [0.4, 0.5) is 5.69 Å². The van der Waals surface area contributed by atoms with Crippen molar-refractivity contribution in [2.45, 2.75) is 38.8 Å². The summed E-state index contributed by atoms with van der Waals surface area (Å²) in [6, 6.07) is 15.7. The molecule has 0 spiro atoms. The Morgan fingerprint density at radius 3 is 2.49 bits per heavy atom. The van der Waals surface area contributed by atoms with Crippen molar-refractivity contribution in [3.8, 4) is 11.5 Å². The summed E-state index contributed by atoms with van der Waals surface area (Å²) >= 11 is 0. The van der Waals surface area contributed by atoms with Crippen LogP contribution in [0.1, 0.15) is 44.6 Å². The number of piperazine rings is 1. The van der Waals surface area contributed by atoms with Crippen molar-refractivity contribution >= 4 is 16.6 Å². The molecule has 2 aromatic carbocycles. The molecule has 0 amide bonds. The van der Waals surface area contributed by atoms with Gasteiger partial charge in [-0.2, -0.15) is 0 Å². The number of rotatable bonds is 6. The SMILES string of the molecule is CCC(C)(C)n1nnnc1C(c1cc2cc3c(cc2[nH]c1=O)OCO3)N1CCN(c2ccccc2)CC1. The van der Waals surface area contributed by atoms with Crippen molar-refractivity contribution in [3.05, 3.63) is 70.3 Å². The van der Waals surface area contributed by atoms with E-state index in [1.54, 1.807) is 0 Å². The van der Waals surface area contributed by atoms with Crippen molar-refractivity contribution in [2.75, 3.05) is 37.9 Å². The summed E-state index contributed by atoms with van der Waals surface area (Å²) in [4.78, 5) is 21.3. The number of para-hydroxylation sites is 1. The molecule has 1 unspecified atom stereocenters. The second-order valence-electron chi connectivity index (χ2n) is 10.2. The number of hydrogen-bond acceptors (Lipinski definition) is 8. The van der Waals surface area contributed by atoms with Crippen LogP contribution in [0.5, 0.6) is 11.5 Å². The molecule has 2 aliphatic heterocycles. The Labute approximate surface area is 214 Å². The Kier molecular flexibility index (Phi) is 5.83. The molecule has 1 saturated heterocycles. The van der Waals surface area contributed by atoms with E-state index in [9.17, 15) is 4.79 Å². The minimum Gasteiger partial charge on any atom is -0.454 e. The van der Waals surface area contributed by atoms with Gasteiger partial charge in [0.1, 0.15) is 6.04 Å². The number of hydrogen-bond donors (Lipinski definition) is 1.